The normalized spacial score (nSPS) is 13.0. The highest BCUT2D eigenvalue weighted by Crippen LogP contribution is 2.44. The van der Waals surface area contributed by atoms with Gasteiger partial charge >= 0.3 is 0 Å². The molecule has 5 rings (SSSR count). The van der Waals surface area contributed by atoms with Gasteiger partial charge in [0.2, 0.25) is 19.7 Å². The van der Waals surface area contributed by atoms with E-state index in [1.807, 2.05) is 64.1 Å². The molecule has 2 aromatic carbocycles. The van der Waals surface area contributed by atoms with Crippen molar-refractivity contribution in [3.63, 3.8) is 0 Å². The fraction of sp³-hybridized carbons (Fsp3) is 0.176. The zero-order chi connectivity index (χ0) is 32.5. The average Bonchev–Trinajstić information content (AvgIpc) is 3.72. The molecule has 3 aromatic heterocycles. The molecule has 3 heterocycles. The van der Waals surface area contributed by atoms with Gasteiger partial charge in [-0.15, -0.1) is 57.5 Å². The van der Waals surface area contributed by atoms with Crippen molar-refractivity contribution < 1.29 is 16.8 Å². The van der Waals surface area contributed by atoms with Crippen LogP contribution in [0.4, 0.5) is 0 Å². The molecule has 5 aromatic rings. The summed E-state index contributed by atoms with van der Waals surface area (Å²) < 4.78 is 54.0. The van der Waals surface area contributed by atoms with E-state index >= 15 is 0 Å². The van der Waals surface area contributed by atoms with Crippen LogP contribution in [0.1, 0.15) is 32.0 Å². The van der Waals surface area contributed by atoms with Gasteiger partial charge in [0, 0.05) is 29.3 Å². The number of sulfone groups is 2. The number of hydrogen-bond acceptors (Lipinski definition) is 9. The van der Waals surface area contributed by atoms with E-state index in [9.17, 15) is 16.8 Å². The third-order valence-electron chi connectivity index (χ3n) is 7.04. The van der Waals surface area contributed by atoms with Crippen LogP contribution in [0.3, 0.4) is 0 Å². The van der Waals surface area contributed by atoms with Gasteiger partial charge < -0.3 is 0 Å². The van der Waals surface area contributed by atoms with Gasteiger partial charge in [0.05, 0.1) is 9.79 Å². The molecule has 4 nitrogen and oxygen atoms in total. The highest BCUT2D eigenvalue weighted by Gasteiger charge is 2.23. The van der Waals surface area contributed by atoms with Gasteiger partial charge in [-0.1, -0.05) is 35.4 Å². The Kier molecular flexibility index (Phi) is 10.4. The summed E-state index contributed by atoms with van der Waals surface area (Å²) >= 11 is 7.31. The third-order valence-corrected chi connectivity index (χ3v) is 17.3. The number of benzene rings is 2. The summed E-state index contributed by atoms with van der Waals surface area (Å²) in [4.78, 5) is 6.79. The van der Waals surface area contributed by atoms with Crippen LogP contribution in [0.25, 0.3) is 31.7 Å². The van der Waals surface area contributed by atoms with Crippen molar-refractivity contribution in [2.75, 3.05) is 12.5 Å². The van der Waals surface area contributed by atoms with Crippen LogP contribution in [0.15, 0.2) is 91.1 Å². The van der Waals surface area contributed by atoms with Gasteiger partial charge in [0.25, 0.3) is 0 Å². The molecule has 0 bridgehead atoms. The quantitative estimate of drug-likeness (QED) is 0.143. The SMILES string of the molecule is CS/C(=C\c1cc(C)c(-c2ccc(-c3sc(/C=C(\SC)S(=O)(=O)c4ccc(C)cc4)cc3C)s2)s1)S(=O)(=O)c1ccc(C)cc1. The maximum atomic E-state index is 13.3. The first-order valence-corrected chi connectivity index (χ1v) is 21.7. The molecule has 0 aliphatic rings. The second-order valence-electron chi connectivity index (χ2n) is 10.5. The molecule has 0 N–H and O–H groups in total. The minimum absolute atomic E-state index is 0.294. The summed E-state index contributed by atoms with van der Waals surface area (Å²) in [5.41, 5.74) is 4.20. The van der Waals surface area contributed by atoms with Gasteiger partial charge in [-0.2, -0.15) is 0 Å². The molecule has 0 saturated carbocycles. The lowest BCUT2D eigenvalue weighted by atomic mass is 10.2. The zero-order valence-corrected chi connectivity index (χ0v) is 31.3. The maximum Gasteiger partial charge on any atom is 0.212 e. The van der Waals surface area contributed by atoms with E-state index in [2.05, 4.69) is 12.1 Å². The van der Waals surface area contributed by atoms with E-state index in [0.29, 0.717) is 18.3 Å². The summed E-state index contributed by atoms with van der Waals surface area (Å²) in [5.74, 6) is 0. The molecule has 0 amide bonds. The highest BCUT2D eigenvalue weighted by atomic mass is 32.3. The first-order chi connectivity index (χ1) is 21.3. The van der Waals surface area contributed by atoms with E-state index in [4.69, 9.17) is 0 Å². The molecular formula is C34H32O4S7. The van der Waals surface area contributed by atoms with Crippen molar-refractivity contribution in [2.45, 2.75) is 37.5 Å². The number of aryl methyl sites for hydroxylation is 4. The van der Waals surface area contributed by atoms with Crippen LogP contribution in [0.5, 0.6) is 0 Å². The minimum Gasteiger partial charge on any atom is -0.218 e. The Morgan fingerprint density at radius 3 is 1.24 bits per heavy atom. The summed E-state index contributed by atoms with van der Waals surface area (Å²) in [6.45, 7) is 7.97. The fourth-order valence-corrected chi connectivity index (χ4v) is 13.3. The van der Waals surface area contributed by atoms with E-state index in [-0.39, 0.29) is 0 Å². The average molecular weight is 729 g/mol. The monoisotopic (exact) mass is 728 g/mol. The topological polar surface area (TPSA) is 68.3 Å². The standard InChI is InChI=1S/C34H32O4S7/c1-21-7-11-27(12-8-21)44(35,36)31(39-5)19-25-17-23(3)33(41-25)29-15-16-30(43-29)34-24(4)18-26(42-34)20-32(40-6)45(37,38)28-13-9-22(2)10-14-28/h7-20H,1-6H3/b31-19+,32-20+. The second-order valence-corrected chi connectivity index (χ2v) is 19.8. The minimum atomic E-state index is -3.62. The van der Waals surface area contributed by atoms with Crippen LogP contribution in [-0.4, -0.2) is 29.3 Å². The van der Waals surface area contributed by atoms with Crippen molar-refractivity contribution in [1.82, 2.24) is 0 Å². The predicted molar refractivity (Wildman–Crippen MR) is 200 cm³/mol. The van der Waals surface area contributed by atoms with E-state index in [1.165, 1.54) is 23.5 Å². The number of thiophene rings is 3. The Morgan fingerprint density at radius 2 is 0.911 bits per heavy atom. The Labute approximate surface area is 286 Å². The van der Waals surface area contributed by atoms with Crippen LogP contribution >= 0.6 is 57.5 Å². The van der Waals surface area contributed by atoms with Crippen LogP contribution < -0.4 is 0 Å². The molecule has 45 heavy (non-hydrogen) atoms. The Morgan fingerprint density at radius 1 is 0.556 bits per heavy atom. The summed E-state index contributed by atoms with van der Waals surface area (Å²) in [6, 6.07) is 22.2. The maximum absolute atomic E-state index is 13.3. The first kappa shape index (κ1) is 34.0. The van der Waals surface area contributed by atoms with Crippen molar-refractivity contribution in [3.8, 4) is 19.5 Å². The Hall–Kier alpha value is -2.38. The Balaban J connectivity index is 1.43. The molecule has 0 aliphatic heterocycles. The van der Waals surface area contributed by atoms with Gasteiger partial charge in [0.15, 0.2) is 0 Å². The van der Waals surface area contributed by atoms with Crippen molar-refractivity contribution in [1.29, 1.82) is 0 Å². The van der Waals surface area contributed by atoms with E-state index in [0.717, 1.165) is 51.5 Å². The summed E-state index contributed by atoms with van der Waals surface area (Å²) in [6.07, 6.45) is 7.12. The fourth-order valence-electron chi connectivity index (χ4n) is 4.62. The lowest BCUT2D eigenvalue weighted by Crippen LogP contribution is -2.02. The van der Waals surface area contributed by atoms with E-state index in [1.54, 1.807) is 82.9 Å². The smallest absolute Gasteiger partial charge is 0.212 e. The molecule has 0 saturated heterocycles. The van der Waals surface area contributed by atoms with Gasteiger partial charge in [-0.05, 0) is 112 Å². The summed E-state index contributed by atoms with van der Waals surface area (Å²) in [5, 5.41) is 0. The Bertz CT molecular complexity index is 1970. The number of rotatable bonds is 10. The van der Waals surface area contributed by atoms with Crippen LogP contribution in [-0.2, 0) is 19.7 Å². The largest absolute Gasteiger partial charge is 0.218 e. The lowest BCUT2D eigenvalue weighted by Gasteiger charge is -2.07. The molecule has 0 spiro atoms. The highest BCUT2D eigenvalue weighted by molar-refractivity contribution is 8.19. The van der Waals surface area contributed by atoms with Crippen molar-refractivity contribution in [3.05, 3.63) is 113 Å². The molecule has 0 fully saturated rings. The van der Waals surface area contributed by atoms with E-state index < -0.39 is 19.7 Å². The van der Waals surface area contributed by atoms with Gasteiger partial charge in [-0.3, -0.25) is 0 Å². The van der Waals surface area contributed by atoms with Gasteiger partial charge in [-0.25, -0.2) is 16.8 Å². The third kappa shape index (κ3) is 7.30. The molecule has 234 valence electrons. The molecule has 0 aliphatic carbocycles. The van der Waals surface area contributed by atoms with Crippen LogP contribution in [0.2, 0.25) is 0 Å². The van der Waals surface area contributed by atoms with Crippen molar-refractivity contribution in [2.24, 2.45) is 0 Å². The van der Waals surface area contributed by atoms with Gasteiger partial charge in [0.1, 0.15) is 8.47 Å². The van der Waals surface area contributed by atoms with Crippen LogP contribution in [0, 0.1) is 27.7 Å². The number of thioether (sulfide) groups is 2. The first-order valence-electron chi connectivity index (χ1n) is 13.8. The zero-order valence-electron chi connectivity index (χ0n) is 25.6. The number of hydrogen-bond donors (Lipinski definition) is 0. The molecular weight excluding hydrogens is 697 g/mol. The molecule has 0 unspecified atom stereocenters. The lowest BCUT2D eigenvalue weighted by molar-refractivity contribution is 0.602. The molecule has 0 atom stereocenters. The second kappa shape index (κ2) is 13.8. The molecule has 0 radical (unpaired) electrons. The van der Waals surface area contributed by atoms with Crippen molar-refractivity contribution >= 4 is 89.4 Å². The predicted octanol–water partition coefficient (Wildman–Crippen LogP) is 10.7. The molecule has 11 heteroatoms. The summed E-state index contributed by atoms with van der Waals surface area (Å²) in [7, 11) is -7.23.